The number of nitrogens with one attached hydrogen (secondary N) is 1. The Morgan fingerprint density at radius 1 is 1.08 bits per heavy atom. The van der Waals surface area contributed by atoms with Crippen LogP contribution in [0.25, 0.3) is 32.9 Å². The smallest absolute Gasteiger partial charge is 0.319 e. The number of piperidine rings is 1. The third kappa shape index (κ3) is 5.53. The van der Waals surface area contributed by atoms with Gasteiger partial charge in [0.2, 0.25) is 5.88 Å². The lowest BCUT2D eigenvalue weighted by molar-refractivity contribution is -0.0796. The number of fused-ring (bicyclic) bond motifs is 4. The van der Waals surface area contributed by atoms with Gasteiger partial charge in [0, 0.05) is 61.7 Å². The van der Waals surface area contributed by atoms with E-state index in [0.29, 0.717) is 29.7 Å². The quantitative estimate of drug-likeness (QED) is 0.255. The maximum Gasteiger partial charge on any atom is 0.319 e. The molecule has 10 nitrogen and oxygen atoms in total. The number of anilines is 1. The lowest BCUT2D eigenvalue weighted by atomic mass is 9.79. The molecular formula is C36H40F2N6O4. The number of nitrogens with zero attached hydrogens (tertiary/aromatic N) is 5. The summed E-state index contributed by atoms with van der Waals surface area (Å²) in [5, 5.41) is 15.2. The summed E-state index contributed by atoms with van der Waals surface area (Å²) in [6.07, 6.45) is 8.61. The molecule has 7 rings (SSSR count). The zero-order chi connectivity index (χ0) is 33.7. The van der Waals surface area contributed by atoms with Crippen molar-refractivity contribution in [1.29, 1.82) is 0 Å². The summed E-state index contributed by atoms with van der Waals surface area (Å²) in [6.45, 7) is 8.42. The van der Waals surface area contributed by atoms with Gasteiger partial charge in [-0.25, -0.2) is 13.8 Å². The van der Waals surface area contributed by atoms with E-state index in [-0.39, 0.29) is 75.6 Å². The molecular weight excluding hydrogens is 618 g/mol. The average molecular weight is 659 g/mol. The van der Waals surface area contributed by atoms with E-state index in [2.05, 4.69) is 44.9 Å². The normalized spacial score (nSPS) is 24.3. The number of phenols is 1. The van der Waals surface area contributed by atoms with E-state index in [1.807, 2.05) is 0 Å². The van der Waals surface area contributed by atoms with E-state index in [1.165, 1.54) is 31.4 Å². The van der Waals surface area contributed by atoms with Crippen molar-refractivity contribution in [3.63, 3.8) is 0 Å². The zero-order valence-electron chi connectivity index (χ0n) is 27.6. The molecule has 0 unspecified atom stereocenters. The van der Waals surface area contributed by atoms with Crippen molar-refractivity contribution in [2.75, 3.05) is 58.5 Å². The Balaban J connectivity index is 1.42. The van der Waals surface area contributed by atoms with Crippen molar-refractivity contribution < 1.29 is 28.1 Å². The number of hydrogen-bond donors (Lipinski definition) is 2. The molecule has 2 aromatic heterocycles. The molecule has 2 bridgehead atoms. The molecule has 12 heteroatoms. The van der Waals surface area contributed by atoms with Gasteiger partial charge in [-0.1, -0.05) is 25.8 Å². The third-order valence-electron chi connectivity index (χ3n) is 10.2. The summed E-state index contributed by atoms with van der Waals surface area (Å²) >= 11 is 0. The van der Waals surface area contributed by atoms with E-state index in [1.54, 1.807) is 7.11 Å². The van der Waals surface area contributed by atoms with E-state index >= 15 is 4.39 Å². The van der Waals surface area contributed by atoms with Gasteiger partial charge >= 0.3 is 6.01 Å². The number of halogens is 2. The lowest BCUT2D eigenvalue weighted by Gasteiger charge is -2.44. The Morgan fingerprint density at radius 3 is 2.54 bits per heavy atom. The second kappa shape index (κ2) is 12.6. The van der Waals surface area contributed by atoms with Gasteiger partial charge in [-0.3, -0.25) is 0 Å². The molecule has 5 heterocycles. The molecule has 0 spiro atoms. The number of ether oxygens (including phenoxy) is 3. The Labute approximate surface area is 278 Å². The minimum absolute atomic E-state index is 0.0160. The number of terminal acetylenes is 1. The molecule has 4 aromatic rings. The van der Waals surface area contributed by atoms with Crippen LogP contribution in [0.2, 0.25) is 0 Å². The van der Waals surface area contributed by atoms with Gasteiger partial charge < -0.3 is 34.4 Å². The molecule has 252 valence electrons. The standard InChI is InChI=1S/C36H40F2N6O4/c1-6-24-26(37)11-8-20-14-23(45)15-25(28(20)24)31-30(38)32-29(34(40-31)47-5)33(44-16-21-9-10-22(17-44)39-21)42-35(41-32)48-19-36(3)18-43(7-2)13-12-27(36)46-4/h1,8,11,14-15,21-22,27,39,45H,7,9-10,12-13,16-19H2,2-5H3/t21-,22+,27-,36-/m0/s1. The van der Waals surface area contributed by atoms with Crippen LogP contribution in [0.4, 0.5) is 14.6 Å². The Morgan fingerprint density at radius 2 is 1.85 bits per heavy atom. The molecule has 2 aromatic carbocycles. The molecule has 3 fully saturated rings. The van der Waals surface area contributed by atoms with Crippen LogP contribution < -0.4 is 19.7 Å². The topological polar surface area (TPSA) is 105 Å². The SMILES string of the molecule is C#Cc1c(F)ccc2cc(O)cc(-c3nc(OC)c4c(N5C[C@H]6CC[C@@H](C5)N6)nc(OC[C@]5(C)CN(CC)CC[C@@H]5OC)nc4c3F)c12. The number of likely N-dealkylation sites (tertiary alicyclic amines) is 1. The summed E-state index contributed by atoms with van der Waals surface area (Å²) in [6, 6.07) is 6.01. The van der Waals surface area contributed by atoms with E-state index in [0.717, 1.165) is 38.9 Å². The first-order valence-corrected chi connectivity index (χ1v) is 16.4. The number of benzene rings is 2. The van der Waals surface area contributed by atoms with Crippen LogP contribution in [-0.2, 0) is 4.74 Å². The highest BCUT2D eigenvalue weighted by Crippen LogP contribution is 2.43. The number of rotatable bonds is 8. The monoisotopic (exact) mass is 658 g/mol. The summed E-state index contributed by atoms with van der Waals surface area (Å²) < 4.78 is 50.1. The van der Waals surface area contributed by atoms with Gasteiger partial charge in [-0.05, 0) is 49.4 Å². The van der Waals surface area contributed by atoms with Gasteiger partial charge in [-0.2, -0.15) is 9.97 Å². The van der Waals surface area contributed by atoms with Crippen molar-refractivity contribution in [2.45, 2.75) is 51.3 Å². The van der Waals surface area contributed by atoms with Gasteiger partial charge in [0.15, 0.2) is 5.82 Å². The van der Waals surface area contributed by atoms with Crippen LogP contribution in [0.3, 0.4) is 0 Å². The molecule has 0 saturated carbocycles. The van der Waals surface area contributed by atoms with Crippen molar-refractivity contribution in [3.8, 4) is 41.2 Å². The van der Waals surface area contributed by atoms with Crippen LogP contribution in [0, 0.1) is 29.4 Å². The summed E-state index contributed by atoms with van der Waals surface area (Å²) in [7, 11) is 3.16. The number of methoxy groups -OCH3 is 2. The van der Waals surface area contributed by atoms with Crippen LogP contribution in [0.15, 0.2) is 24.3 Å². The molecule has 0 aliphatic carbocycles. The fourth-order valence-electron chi connectivity index (χ4n) is 7.83. The zero-order valence-corrected chi connectivity index (χ0v) is 27.6. The molecule has 2 N–H and O–H groups in total. The summed E-state index contributed by atoms with van der Waals surface area (Å²) in [4.78, 5) is 18.6. The highest BCUT2D eigenvalue weighted by Gasteiger charge is 2.41. The molecule has 0 radical (unpaired) electrons. The Bertz CT molecular complexity index is 1920. The number of aromatic nitrogens is 3. The van der Waals surface area contributed by atoms with Gasteiger partial charge in [0.25, 0.3) is 0 Å². The molecule has 4 atom stereocenters. The van der Waals surface area contributed by atoms with Gasteiger partial charge in [0.1, 0.15) is 40.6 Å². The first kappa shape index (κ1) is 32.2. The molecule has 3 saturated heterocycles. The van der Waals surface area contributed by atoms with Crippen molar-refractivity contribution in [1.82, 2.24) is 25.2 Å². The van der Waals surface area contributed by atoms with Crippen molar-refractivity contribution in [3.05, 3.63) is 41.5 Å². The fourth-order valence-corrected chi connectivity index (χ4v) is 7.83. The maximum atomic E-state index is 17.1. The Hall–Kier alpha value is -4.31. The van der Waals surface area contributed by atoms with Gasteiger partial charge in [0.05, 0.1) is 18.8 Å². The molecule has 0 amide bonds. The second-order valence-corrected chi connectivity index (χ2v) is 13.4. The van der Waals surface area contributed by atoms with Crippen LogP contribution in [0.5, 0.6) is 17.6 Å². The van der Waals surface area contributed by atoms with Crippen molar-refractivity contribution >= 4 is 27.5 Å². The average Bonchev–Trinajstić information content (AvgIpc) is 3.43. The molecule has 48 heavy (non-hydrogen) atoms. The highest BCUT2D eigenvalue weighted by molar-refractivity contribution is 6.04. The summed E-state index contributed by atoms with van der Waals surface area (Å²) in [5.41, 5.74) is -0.595. The highest BCUT2D eigenvalue weighted by atomic mass is 19.1. The summed E-state index contributed by atoms with van der Waals surface area (Å²) in [5.74, 6) is 1.33. The van der Waals surface area contributed by atoms with Crippen molar-refractivity contribution in [2.24, 2.45) is 5.41 Å². The Kier molecular flexibility index (Phi) is 8.48. The number of hydrogen-bond acceptors (Lipinski definition) is 10. The largest absolute Gasteiger partial charge is 0.508 e. The predicted octanol–water partition coefficient (Wildman–Crippen LogP) is 4.89. The lowest BCUT2D eigenvalue weighted by Crippen LogP contribution is -2.53. The second-order valence-electron chi connectivity index (χ2n) is 13.4. The fraction of sp³-hybridized carbons (Fsp3) is 0.472. The van der Waals surface area contributed by atoms with Crippen LogP contribution >= 0.6 is 0 Å². The van der Waals surface area contributed by atoms with E-state index in [4.69, 9.17) is 25.6 Å². The molecule has 3 aliphatic rings. The number of phenolic OH excluding ortho intramolecular Hbond substituents is 1. The number of aromatic hydroxyl groups is 1. The minimum Gasteiger partial charge on any atom is -0.508 e. The van der Waals surface area contributed by atoms with Gasteiger partial charge in [-0.15, -0.1) is 6.42 Å². The van der Waals surface area contributed by atoms with E-state index in [9.17, 15) is 9.50 Å². The van der Waals surface area contributed by atoms with E-state index < -0.39 is 11.6 Å². The predicted molar refractivity (Wildman–Crippen MR) is 180 cm³/mol. The maximum absolute atomic E-state index is 17.1. The molecule has 3 aliphatic heterocycles. The number of piperazine rings is 1. The van der Waals surface area contributed by atoms with Crippen LogP contribution in [-0.4, -0.2) is 96.7 Å². The first-order chi connectivity index (χ1) is 23.2. The van der Waals surface area contributed by atoms with Crippen LogP contribution in [0.1, 0.15) is 38.7 Å². The first-order valence-electron chi connectivity index (χ1n) is 16.4. The minimum atomic E-state index is -0.799. The third-order valence-corrected chi connectivity index (χ3v) is 10.2. The number of pyridine rings is 1.